The van der Waals surface area contributed by atoms with Gasteiger partial charge >= 0.3 is 5.97 Å². The van der Waals surface area contributed by atoms with Gasteiger partial charge in [-0.25, -0.2) is 4.98 Å². The van der Waals surface area contributed by atoms with Crippen LogP contribution in [0, 0.1) is 12.8 Å². The molecular formula is C18H22N4O3S2. The van der Waals surface area contributed by atoms with E-state index < -0.39 is 0 Å². The molecule has 0 bridgehead atoms. The smallest absolute Gasteiger partial charge is 0.309 e. The lowest BCUT2D eigenvalue weighted by atomic mass is 9.95. The van der Waals surface area contributed by atoms with Crippen LogP contribution in [-0.4, -0.2) is 50.3 Å². The Morgan fingerprint density at radius 2 is 2.22 bits per heavy atom. The number of aromatic nitrogens is 3. The molecule has 3 aromatic rings. The molecule has 0 radical (unpaired) electrons. The molecule has 1 aliphatic heterocycles. The largest absolute Gasteiger partial charge is 0.492 e. The minimum Gasteiger partial charge on any atom is -0.492 e. The first-order chi connectivity index (χ1) is 13.1. The molecule has 3 aromatic heterocycles. The molecule has 1 fully saturated rings. The summed E-state index contributed by atoms with van der Waals surface area (Å²) in [6.45, 7) is 5.63. The molecule has 0 aromatic carbocycles. The van der Waals surface area contributed by atoms with Gasteiger partial charge in [0.25, 0.3) is 0 Å². The molecule has 4 heterocycles. The molecule has 1 atom stereocenters. The van der Waals surface area contributed by atoms with Gasteiger partial charge in [0.2, 0.25) is 10.8 Å². The zero-order valence-electron chi connectivity index (χ0n) is 15.3. The molecular weight excluding hydrogens is 384 g/mol. The number of thiazole rings is 1. The molecule has 1 saturated heterocycles. The number of esters is 1. The van der Waals surface area contributed by atoms with E-state index >= 15 is 0 Å². The van der Waals surface area contributed by atoms with Crippen molar-refractivity contribution in [3.05, 3.63) is 33.1 Å². The van der Waals surface area contributed by atoms with Gasteiger partial charge in [0.1, 0.15) is 5.82 Å². The van der Waals surface area contributed by atoms with Crippen molar-refractivity contribution in [3.63, 3.8) is 0 Å². The van der Waals surface area contributed by atoms with E-state index in [4.69, 9.17) is 4.74 Å². The summed E-state index contributed by atoms with van der Waals surface area (Å²) >= 11 is 3.14. The van der Waals surface area contributed by atoms with Crippen LogP contribution in [0.3, 0.4) is 0 Å². The SMILES string of the molecule is CCOC(=O)C1CCN([C@@H](c2cccs2)c2sc3nc(C)nn3c2O)CC1. The van der Waals surface area contributed by atoms with Crippen molar-refractivity contribution >= 4 is 33.6 Å². The Labute approximate surface area is 165 Å². The Morgan fingerprint density at radius 3 is 2.85 bits per heavy atom. The zero-order chi connectivity index (χ0) is 19.0. The molecule has 0 aliphatic carbocycles. The van der Waals surface area contributed by atoms with Gasteiger partial charge in [0, 0.05) is 4.88 Å². The highest BCUT2D eigenvalue weighted by atomic mass is 32.1. The molecule has 144 valence electrons. The quantitative estimate of drug-likeness (QED) is 0.656. The summed E-state index contributed by atoms with van der Waals surface area (Å²) in [4.78, 5) is 21.5. The van der Waals surface area contributed by atoms with E-state index in [1.54, 1.807) is 11.3 Å². The summed E-state index contributed by atoms with van der Waals surface area (Å²) in [5.74, 6) is 0.665. The fraction of sp³-hybridized carbons (Fsp3) is 0.500. The van der Waals surface area contributed by atoms with Crippen molar-refractivity contribution in [1.82, 2.24) is 19.5 Å². The molecule has 0 spiro atoms. The number of piperidine rings is 1. The van der Waals surface area contributed by atoms with Crippen LogP contribution in [0.5, 0.6) is 5.88 Å². The zero-order valence-corrected chi connectivity index (χ0v) is 16.9. The van der Waals surface area contributed by atoms with Gasteiger partial charge in [-0.15, -0.1) is 16.4 Å². The van der Waals surface area contributed by atoms with Gasteiger partial charge in [-0.2, -0.15) is 4.52 Å². The van der Waals surface area contributed by atoms with Crippen molar-refractivity contribution in [2.75, 3.05) is 19.7 Å². The van der Waals surface area contributed by atoms with Crippen molar-refractivity contribution in [2.24, 2.45) is 5.92 Å². The van der Waals surface area contributed by atoms with Crippen LogP contribution in [0.2, 0.25) is 0 Å². The summed E-state index contributed by atoms with van der Waals surface area (Å²) in [5, 5.41) is 17.1. The first kappa shape index (κ1) is 18.4. The molecule has 27 heavy (non-hydrogen) atoms. The number of thiophene rings is 1. The van der Waals surface area contributed by atoms with Crippen LogP contribution in [-0.2, 0) is 9.53 Å². The summed E-state index contributed by atoms with van der Waals surface area (Å²) < 4.78 is 6.70. The highest BCUT2D eigenvalue weighted by molar-refractivity contribution is 7.17. The second-order valence-corrected chi connectivity index (χ2v) is 8.61. The normalized spacial score (nSPS) is 17.4. The highest BCUT2D eigenvalue weighted by Crippen LogP contribution is 2.42. The Bertz CT molecular complexity index is 926. The van der Waals surface area contributed by atoms with Gasteiger partial charge in [-0.3, -0.25) is 9.69 Å². The third kappa shape index (κ3) is 3.46. The number of rotatable bonds is 5. The van der Waals surface area contributed by atoms with Crippen LogP contribution in [0.25, 0.3) is 4.96 Å². The van der Waals surface area contributed by atoms with Crippen LogP contribution in [0.15, 0.2) is 17.5 Å². The minimum absolute atomic E-state index is 0.0382. The average molecular weight is 407 g/mol. The molecule has 7 nitrogen and oxygen atoms in total. The van der Waals surface area contributed by atoms with Gasteiger partial charge in [0.15, 0.2) is 0 Å². The lowest BCUT2D eigenvalue weighted by Crippen LogP contribution is -2.39. The third-order valence-electron chi connectivity index (χ3n) is 4.88. The topological polar surface area (TPSA) is 80.0 Å². The van der Waals surface area contributed by atoms with E-state index in [0.717, 1.165) is 30.8 Å². The fourth-order valence-corrected chi connectivity index (χ4v) is 5.70. The van der Waals surface area contributed by atoms with Crippen molar-refractivity contribution in [3.8, 4) is 5.88 Å². The molecule has 0 saturated carbocycles. The lowest BCUT2D eigenvalue weighted by molar-refractivity contribution is -0.149. The summed E-state index contributed by atoms with van der Waals surface area (Å²) in [7, 11) is 0. The third-order valence-corrected chi connectivity index (χ3v) is 6.88. The fourth-order valence-electron chi connectivity index (χ4n) is 3.60. The number of ether oxygens (including phenoxy) is 1. The Morgan fingerprint density at radius 1 is 1.44 bits per heavy atom. The van der Waals surface area contributed by atoms with E-state index in [0.29, 0.717) is 17.4 Å². The average Bonchev–Trinajstić information content (AvgIpc) is 3.36. The Hall–Kier alpha value is -1.97. The van der Waals surface area contributed by atoms with Crippen molar-refractivity contribution in [1.29, 1.82) is 0 Å². The number of aromatic hydroxyl groups is 1. The van der Waals surface area contributed by atoms with Crippen LogP contribution >= 0.6 is 22.7 Å². The number of aryl methyl sites for hydroxylation is 1. The van der Waals surface area contributed by atoms with Crippen molar-refractivity contribution < 1.29 is 14.6 Å². The number of carbonyl (C=O) groups excluding carboxylic acids is 1. The maximum absolute atomic E-state index is 12.0. The van der Waals surface area contributed by atoms with E-state index in [1.807, 2.05) is 25.3 Å². The van der Waals surface area contributed by atoms with Crippen LogP contribution in [0.4, 0.5) is 0 Å². The summed E-state index contributed by atoms with van der Waals surface area (Å²) in [6.07, 6.45) is 1.53. The number of fused-ring (bicyclic) bond motifs is 1. The highest BCUT2D eigenvalue weighted by Gasteiger charge is 2.34. The van der Waals surface area contributed by atoms with E-state index in [1.165, 1.54) is 20.7 Å². The minimum atomic E-state index is -0.0954. The second kappa shape index (κ2) is 7.57. The molecule has 0 amide bonds. The van der Waals surface area contributed by atoms with Crippen LogP contribution < -0.4 is 0 Å². The maximum Gasteiger partial charge on any atom is 0.309 e. The van der Waals surface area contributed by atoms with E-state index in [9.17, 15) is 9.90 Å². The monoisotopic (exact) mass is 406 g/mol. The lowest BCUT2D eigenvalue weighted by Gasteiger charge is -2.36. The number of nitrogens with zero attached hydrogens (tertiary/aromatic N) is 4. The molecule has 1 N–H and O–H groups in total. The van der Waals surface area contributed by atoms with E-state index in [-0.39, 0.29) is 23.8 Å². The Kier molecular flexibility index (Phi) is 5.16. The second-order valence-electron chi connectivity index (χ2n) is 6.62. The van der Waals surface area contributed by atoms with Gasteiger partial charge in [0.05, 0.1) is 23.4 Å². The number of hydrogen-bond donors (Lipinski definition) is 1. The number of hydrogen-bond acceptors (Lipinski definition) is 8. The van der Waals surface area contributed by atoms with Gasteiger partial charge in [-0.1, -0.05) is 17.4 Å². The predicted molar refractivity (Wildman–Crippen MR) is 104 cm³/mol. The number of likely N-dealkylation sites (tertiary alicyclic amines) is 1. The van der Waals surface area contributed by atoms with Crippen molar-refractivity contribution in [2.45, 2.75) is 32.7 Å². The predicted octanol–water partition coefficient (Wildman–Crippen LogP) is 3.23. The Balaban J connectivity index is 1.62. The molecule has 9 heteroatoms. The molecule has 1 aliphatic rings. The maximum atomic E-state index is 12.0. The summed E-state index contributed by atoms with van der Waals surface area (Å²) in [5.41, 5.74) is 0. The number of carbonyl (C=O) groups is 1. The standard InChI is InChI=1S/C18H22N4O3S2/c1-3-25-17(24)12-6-8-21(9-7-12)14(13-5-4-10-26-13)15-16(23)22-18(27-15)19-11(2)20-22/h4-5,10,12,14,23H,3,6-9H2,1-2H3/t14-/m0/s1. The van der Waals surface area contributed by atoms with E-state index in [2.05, 4.69) is 21.0 Å². The molecule has 4 rings (SSSR count). The first-order valence-corrected chi connectivity index (χ1v) is 10.8. The van der Waals surface area contributed by atoms with Crippen LogP contribution in [0.1, 0.15) is 41.4 Å². The van der Waals surface area contributed by atoms with Gasteiger partial charge in [-0.05, 0) is 51.2 Å². The first-order valence-electron chi connectivity index (χ1n) is 9.07. The molecule has 0 unspecified atom stereocenters. The summed E-state index contributed by atoms with van der Waals surface area (Å²) in [6, 6.07) is 4.06. The van der Waals surface area contributed by atoms with Gasteiger partial charge < -0.3 is 9.84 Å².